The zero-order valence-electron chi connectivity index (χ0n) is 17.7. The van der Waals surface area contributed by atoms with Gasteiger partial charge in [0.25, 0.3) is 0 Å². The number of hydrogen-bond donors (Lipinski definition) is 2. The number of carboxylic acids is 1. The lowest BCUT2D eigenvalue weighted by molar-refractivity contribution is -0.142. The molecule has 1 aromatic carbocycles. The van der Waals surface area contributed by atoms with Crippen LogP contribution in [0.2, 0.25) is 0 Å². The fourth-order valence-electron chi connectivity index (χ4n) is 3.42. The van der Waals surface area contributed by atoms with E-state index >= 15 is 0 Å². The molecule has 0 heterocycles. The molecule has 0 saturated carbocycles. The number of carbonyl (C=O) groups excluding carboxylic acids is 1. The van der Waals surface area contributed by atoms with Gasteiger partial charge in [0.05, 0.1) is 5.92 Å². The summed E-state index contributed by atoms with van der Waals surface area (Å²) in [5.74, 6) is -1.26. The molecule has 0 bridgehead atoms. The van der Waals surface area contributed by atoms with Crippen molar-refractivity contribution in [3.63, 3.8) is 0 Å². The van der Waals surface area contributed by atoms with Crippen molar-refractivity contribution >= 4 is 12.1 Å². The highest BCUT2D eigenvalue weighted by Crippen LogP contribution is 2.23. The largest absolute Gasteiger partial charge is 0.481 e. The van der Waals surface area contributed by atoms with E-state index in [-0.39, 0.29) is 6.04 Å². The summed E-state index contributed by atoms with van der Waals surface area (Å²) in [5, 5.41) is 12.6. The Kier molecular flexibility index (Phi) is 8.50. The van der Waals surface area contributed by atoms with Crippen LogP contribution in [0.25, 0.3) is 0 Å². The number of rotatable bonds is 9. The molecule has 5 heteroatoms. The van der Waals surface area contributed by atoms with E-state index < -0.39 is 23.6 Å². The number of allylic oxidation sites excluding steroid dienone is 4. The van der Waals surface area contributed by atoms with Crippen LogP contribution in [-0.2, 0) is 16.0 Å². The molecule has 0 radical (unpaired) electrons. The quantitative estimate of drug-likeness (QED) is 0.593. The highest BCUT2D eigenvalue weighted by atomic mass is 16.6. The summed E-state index contributed by atoms with van der Waals surface area (Å²) < 4.78 is 5.40. The summed E-state index contributed by atoms with van der Waals surface area (Å²) in [6.45, 7) is 5.47. The molecule has 2 rings (SSSR count). The minimum Gasteiger partial charge on any atom is -0.481 e. The standard InChI is InChI=1S/C24H33NO4/c1-24(2,3)29-23(28)25-21(17-19-12-8-5-9-13-19)15-14-20(22(26)27)16-18-10-6-4-7-11-18/h5-6,8-13,20-21H,4,7,14-17H2,1-3H3,(H,25,28)(H,26,27)/t20-,21+/m1/s1. The van der Waals surface area contributed by atoms with Gasteiger partial charge in [-0.2, -0.15) is 0 Å². The van der Waals surface area contributed by atoms with Crippen molar-refractivity contribution in [2.75, 3.05) is 0 Å². The molecule has 5 nitrogen and oxygen atoms in total. The third-order valence-corrected chi connectivity index (χ3v) is 4.81. The number of alkyl carbamates (subject to hydrolysis) is 1. The molecule has 2 N–H and O–H groups in total. The van der Waals surface area contributed by atoms with Crippen LogP contribution in [0.1, 0.15) is 58.4 Å². The summed E-state index contributed by atoms with van der Waals surface area (Å²) in [6, 6.07) is 9.70. The Balaban J connectivity index is 2.02. The molecule has 0 unspecified atom stereocenters. The predicted molar refractivity (Wildman–Crippen MR) is 115 cm³/mol. The van der Waals surface area contributed by atoms with Crippen molar-refractivity contribution in [1.82, 2.24) is 5.32 Å². The molecular weight excluding hydrogens is 366 g/mol. The molecule has 0 fully saturated rings. The Labute approximate surface area is 173 Å². The molecule has 2 atom stereocenters. The Morgan fingerprint density at radius 2 is 1.83 bits per heavy atom. The molecule has 1 aromatic rings. The van der Waals surface area contributed by atoms with Crippen LogP contribution in [0.5, 0.6) is 0 Å². The molecule has 0 aromatic heterocycles. The van der Waals surface area contributed by atoms with E-state index in [0.717, 1.165) is 24.0 Å². The molecule has 0 aliphatic heterocycles. The van der Waals surface area contributed by atoms with Crippen LogP contribution in [0.4, 0.5) is 4.79 Å². The van der Waals surface area contributed by atoms with E-state index in [4.69, 9.17) is 4.74 Å². The first kappa shape index (κ1) is 22.7. The fourth-order valence-corrected chi connectivity index (χ4v) is 3.42. The summed E-state index contributed by atoms with van der Waals surface area (Å²) in [6.07, 6.45) is 9.98. The summed E-state index contributed by atoms with van der Waals surface area (Å²) in [4.78, 5) is 24.1. The Hall–Kier alpha value is -2.56. The fraction of sp³-hybridized carbons (Fsp3) is 0.500. The SMILES string of the molecule is CC(C)(C)OC(=O)N[C@@H](CC[C@H](CC1=CCCC=C1)C(=O)O)Cc1ccccc1. The van der Waals surface area contributed by atoms with Gasteiger partial charge in [-0.3, -0.25) is 4.79 Å². The number of amides is 1. The average Bonchev–Trinajstić information content (AvgIpc) is 2.64. The lowest BCUT2D eigenvalue weighted by Gasteiger charge is -2.25. The van der Waals surface area contributed by atoms with Gasteiger partial charge >= 0.3 is 12.1 Å². The average molecular weight is 400 g/mol. The van der Waals surface area contributed by atoms with E-state index in [1.165, 1.54) is 0 Å². The minimum atomic E-state index is -0.791. The molecule has 1 aliphatic carbocycles. The number of aliphatic carboxylic acids is 1. The van der Waals surface area contributed by atoms with Gasteiger partial charge < -0.3 is 15.2 Å². The van der Waals surface area contributed by atoms with Gasteiger partial charge in [0.1, 0.15) is 5.60 Å². The lowest BCUT2D eigenvalue weighted by Crippen LogP contribution is -2.40. The zero-order valence-corrected chi connectivity index (χ0v) is 17.7. The highest BCUT2D eigenvalue weighted by Gasteiger charge is 2.24. The number of benzene rings is 1. The first-order chi connectivity index (χ1) is 13.7. The Morgan fingerprint density at radius 1 is 1.10 bits per heavy atom. The summed E-state index contributed by atoms with van der Waals surface area (Å²) in [7, 11) is 0. The second-order valence-electron chi connectivity index (χ2n) is 8.61. The maximum atomic E-state index is 12.3. The first-order valence-corrected chi connectivity index (χ1v) is 10.3. The third-order valence-electron chi connectivity index (χ3n) is 4.81. The smallest absolute Gasteiger partial charge is 0.407 e. The Bertz CT molecular complexity index is 731. The molecule has 0 spiro atoms. The number of hydrogen-bond acceptors (Lipinski definition) is 3. The van der Waals surface area contributed by atoms with Crippen molar-refractivity contribution in [2.24, 2.45) is 5.92 Å². The first-order valence-electron chi connectivity index (χ1n) is 10.3. The molecule has 29 heavy (non-hydrogen) atoms. The van der Waals surface area contributed by atoms with Gasteiger partial charge in [0.15, 0.2) is 0 Å². The predicted octanol–water partition coefficient (Wildman–Crippen LogP) is 5.27. The monoisotopic (exact) mass is 399 g/mol. The van der Waals surface area contributed by atoms with Gasteiger partial charge in [-0.1, -0.05) is 54.1 Å². The van der Waals surface area contributed by atoms with Crippen LogP contribution in [0.3, 0.4) is 0 Å². The van der Waals surface area contributed by atoms with Gasteiger partial charge in [-0.15, -0.1) is 0 Å². The normalized spacial score (nSPS) is 15.9. The second-order valence-corrected chi connectivity index (χ2v) is 8.61. The molecular formula is C24H33NO4. The van der Waals surface area contributed by atoms with Crippen LogP contribution in [-0.4, -0.2) is 28.8 Å². The number of ether oxygens (including phenoxy) is 1. The Morgan fingerprint density at radius 3 is 2.41 bits per heavy atom. The summed E-state index contributed by atoms with van der Waals surface area (Å²) in [5.41, 5.74) is 1.60. The van der Waals surface area contributed by atoms with E-state index in [9.17, 15) is 14.7 Å². The molecule has 1 amide bonds. The molecule has 0 saturated heterocycles. The maximum absolute atomic E-state index is 12.3. The number of carbonyl (C=O) groups is 2. The van der Waals surface area contributed by atoms with Gasteiger partial charge in [-0.25, -0.2) is 4.79 Å². The highest BCUT2D eigenvalue weighted by molar-refractivity contribution is 5.70. The maximum Gasteiger partial charge on any atom is 0.407 e. The third kappa shape index (κ3) is 8.99. The van der Waals surface area contributed by atoms with Gasteiger partial charge in [0, 0.05) is 6.04 Å². The second kappa shape index (κ2) is 10.8. The van der Waals surface area contributed by atoms with Gasteiger partial charge in [-0.05, 0) is 64.9 Å². The van der Waals surface area contributed by atoms with E-state index in [1.54, 1.807) is 0 Å². The van der Waals surface area contributed by atoms with Crippen molar-refractivity contribution < 1.29 is 19.4 Å². The number of nitrogens with one attached hydrogen (secondary N) is 1. The van der Waals surface area contributed by atoms with Crippen LogP contribution >= 0.6 is 0 Å². The van der Waals surface area contributed by atoms with Crippen LogP contribution in [0.15, 0.2) is 54.1 Å². The van der Waals surface area contributed by atoms with Crippen LogP contribution in [0, 0.1) is 5.92 Å². The van der Waals surface area contributed by atoms with Crippen molar-refractivity contribution in [2.45, 2.75) is 70.9 Å². The minimum absolute atomic E-state index is 0.190. The topological polar surface area (TPSA) is 75.6 Å². The molecule has 158 valence electrons. The van der Waals surface area contributed by atoms with Crippen molar-refractivity contribution in [1.29, 1.82) is 0 Å². The zero-order chi connectivity index (χ0) is 21.3. The van der Waals surface area contributed by atoms with E-state index in [2.05, 4.69) is 17.5 Å². The van der Waals surface area contributed by atoms with Gasteiger partial charge in [0.2, 0.25) is 0 Å². The van der Waals surface area contributed by atoms with Crippen LogP contribution < -0.4 is 5.32 Å². The van der Waals surface area contributed by atoms with Crippen molar-refractivity contribution in [3.05, 3.63) is 59.7 Å². The number of carboxylic acid groups (broad SMARTS) is 1. The van der Waals surface area contributed by atoms with E-state index in [0.29, 0.717) is 25.7 Å². The van der Waals surface area contributed by atoms with E-state index in [1.807, 2.05) is 57.2 Å². The van der Waals surface area contributed by atoms with Crippen molar-refractivity contribution in [3.8, 4) is 0 Å². The lowest BCUT2D eigenvalue weighted by atomic mass is 9.89. The summed E-state index contributed by atoms with van der Waals surface area (Å²) >= 11 is 0. The molecule has 1 aliphatic rings.